The normalized spacial score (nSPS) is 20.5. The minimum Gasteiger partial charge on any atom is -0.364 e. The maximum atomic E-state index is 8.96. The fourth-order valence-electron chi connectivity index (χ4n) is 2.42. The molecule has 0 aromatic heterocycles. The molecule has 20 heavy (non-hydrogen) atoms. The van der Waals surface area contributed by atoms with Crippen LogP contribution in [0.4, 0.5) is 5.69 Å². The maximum absolute atomic E-state index is 8.96. The summed E-state index contributed by atoms with van der Waals surface area (Å²) >= 11 is 6.40. The molecule has 108 valence electrons. The van der Waals surface area contributed by atoms with Crippen molar-refractivity contribution >= 4 is 17.3 Å². The molecule has 1 aliphatic rings. The summed E-state index contributed by atoms with van der Waals surface area (Å²) < 4.78 is 5.36. The van der Waals surface area contributed by atoms with E-state index in [-0.39, 0.29) is 12.1 Å². The number of hydrogen-bond donors (Lipinski definition) is 1. The van der Waals surface area contributed by atoms with Gasteiger partial charge >= 0.3 is 0 Å². The third-order valence-corrected chi connectivity index (χ3v) is 3.84. The zero-order valence-electron chi connectivity index (χ0n) is 11.9. The minimum atomic E-state index is -0.375. The molecule has 1 N–H and O–H groups in total. The standard InChI is InChI=1S/C15H20ClN3O/c1-3-18-11(2)12-4-5-15(14(16)8-12)19-6-7-20-13(9-17)10-19/h4-5,8,11,13,18H,3,6-7,10H2,1-2H3. The predicted octanol–water partition coefficient (Wildman–Crippen LogP) is 2.74. The molecule has 2 unspecified atom stereocenters. The SMILES string of the molecule is CCNC(C)c1ccc(N2CCOC(C#N)C2)c(Cl)c1. The molecular formula is C15H20ClN3O. The fourth-order valence-corrected chi connectivity index (χ4v) is 2.73. The van der Waals surface area contributed by atoms with Gasteiger partial charge in [0.2, 0.25) is 0 Å². The van der Waals surface area contributed by atoms with E-state index in [4.69, 9.17) is 21.6 Å². The topological polar surface area (TPSA) is 48.3 Å². The number of morpholine rings is 1. The first-order valence-corrected chi connectivity index (χ1v) is 7.32. The van der Waals surface area contributed by atoms with E-state index in [1.807, 2.05) is 12.1 Å². The second kappa shape index (κ2) is 6.94. The molecule has 1 heterocycles. The van der Waals surface area contributed by atoms with Crippen LogP contribution in [0.3, 0.4) is 0 Å². The lowest BCUT2D eigenvalue weighted by atomic mass is 10.1. The lowest BCUT2D eigenvalue weighted by molar-refractivity contribution is 0.0764. The average molecular weight is 294 g/mol. The Labute approximate surface area is 125 Å². The molecule has 0 saturated carbocycles. The molecule has 0 aliphatic carbocycles. The van der Waals surface area contributed by atoms with Crippen LogP contribution in [-0.4, -0.2) is 32.3 Å². The van der Waals surface area contributed by atoms with Crippen molar-refractivity contribution in [3.8, 4) is 6.07 Å². The summed E-state index contributed by atoms with van der Waals surface area (Å²) in [6.45, 7) is 7.02. The van der Waals surface area contributed by atoms with E-state index in [2.05, 4.69) is 36.2 Å². The molecule has 1 aromatic carbocycles. The van der Waals surface area contributed by atoms with E-state index in [1.54, 1.807) is 0 Å². The Morgan fingerprint density at radius 1 is 1.60 bits per heavy atom. The molecule has 4 nitrogen and oxygen atoms in total. The quantitative estimate of drug-likeness (QED) is 0.927. The van der Waals surface area contributed by atoms with Gasteiger partial charge in [-0.3, -0.25) is 0 Å². The van der Waals surface area contributed by atoms with Gasteiger partial charge in [-0.2, -0.15) is 5.26 Å². The third-order valence-electron chi connectivity index (χ3n) is 3.53. The zero-order valence-corrected chi connectivity index (χ0v) is 12.7. The molecule has 5 heteroatoms. The highest BCUT2D eigenvalue weighted by atomic mass is 35.5. The van der Waals surface area contributed by atoms with Gasteiger partial charge in [0.25, 0.3) is 0 Å². The Bertz CT molecular complexity index is 500. The predicted molar refractivity (Wildman–Crippen MR) is 81.1 cm³/mol. The van der Waals surface area contributed by atoms with E-state index >= 15 is 0 Å². The van der Waals surface area contributed by atoms with E-state index in [1.165, 1.54) is 5.56 Å². The van der Waals surface area contributed by atoms with Crippen molar-refractivity contribution in [2.45, 2.75) is 26.0 Å². The Balaban J connectivity index is 2.15. The summed E-state index contributed by atoms with van der Waals surface area (Å²) in [5.41, 5.74) is 2.15. The van der Waals surface area contributed by atoms with E-state index < -0.39 is 0 Å². The van der Waals surface area contributed by atoms with Crippen molar-refractivity contribution < 1.29 is 4.74 Å². The zero-order chi connectivity index (χ0) is 14.5. The van der Waals surface area contributed by atoms with Crippen LogP contribution >= 0.6 is 11.6 Å². The molecule has 1 aliphatic heterocycles. The number of nitrogens with zero attached hydrogens (tertiary/aromatic N) is 2. The number of nitriles is 1. The van der Waals surface area contributed by atoms with Crippen LogP contribution in [0.5, 0.6) is 0 Å². The van der Waals surface area contributed by atoms with Gasteiger partial charge in [-0.15, -0.1) is 0 Å². The number of benzene rings is 1. The average Bonchev–Trinajstić information content (AvgIpc) is 2.47. The van der Waals surface area contributed by atoms with Gasteiger partial charge in [0, 0.05) is 12.6 Å². The third kappa shape index (κ3) is 3.43. The van der Waals surface area contributed by atoms with Crippen LogP contribution in [0, 0.1) is 11.3 Å². The highest BCUT2D eigenvalue weighted by molar-refractivity contribution is 6.33. The molecule has 2 rings (SSSR count). The number of ether oxygens (including phenoxy) is 1. The number of hydrogen-bond acceptors (Lipinski definition) is 4. The van der Waals surface area contributed by atoms with Gasteiger partial charge in [0.1, 0.15) is 0 Å². The first-order chi connectivity index (χ1) is 9.65. The van der Waals surface area contributed by atoms with E-state index in [9.17, 15) is 0 Å². The van der Waals surface area contributed by atoms with Crippen molar-refractivity contribution in [2.24, 2.45) is 0 Å². The van der Waals surface area contributed by atoms with E-state index in [0.717, 1.165) is 23.8 Å². The van der Waals surface area contributed by atoms with Crippen molar-refractivity contribution in [1.82, 2.24) is 5.32 Å². The van der Waals surface area contributed by atoms with Gasteiger partial charge in [-0.1, -0.05) is 24.6 Å². The van der Waals surface area contributed by atoms with Crippen LogP contribution in [0.1, 0.15) is 25.5 Å². The molecule has 1 aromatic rings. The van der Waals surface area contributed by atoms with E-state index in [0.29, 0.717) is 13.2 Å². The molecule has 2 atom stereocenters. The van der Waals surface area contributed by atoms with Gasteiger partial charge in [-0.05, 0) is 31.2 Å². The van der Waals surface area contributed by atoms with Crippen LogP contribution < -0.4 is 10.2 Å². The Morgan fingerprint density at radius 3 is 3.05 bits per heavy atom. The Kier molecular flexibility index (Phi) is 5.24. The highest BCUT2D eigenvalue weighted by Crippen LogP contribution is 2.30. The van der Waals surface area contributed by atoms with Crippen LogP contribution in [0.25, 0.3) is 0 Å². The summed E-state index contributed by atoms with van der Waals surface area (Å²) in [7, 11) is 0. The van der Waals surface area contributed by atoms with Crippen LogP contribution in [0.15, 0.2) is 18.2 Å². The first-order valence-electron chi connectivity index (χ1n) is 6.94. The summed E-state index contributed by atoms with van der Waals surface area (Å²) in [5, 5.41) is 13.1. The molecule has 1 saturated heterocycles. The summed E-state index contributed by atoms with van der Waals surface area (Å²) in [5.74, 6) is 0. The van der Waals surface area contributed by atoms with Crippen molar-refractivity contribution in [1.29, 1.82) is 5.26 Å². The lowest BCUT2D eigenvalue weighted by Crippen LogP contribution is -2.42. The fraction of sp³-hybridized carbons (Fsp3) is 0.533. The number of halogens is 1. The number of nitrogens with one attached hydrogen (secondary N) is 1. The second-order valence-corrected chi connectivity index (χ2v) is 5.33. The molecule has 1 fully saturated rings. The van der Waals surface area contributed by atoms with Crippen molar-refractivity contribution in [3.05, 3.63) is 28.8 Å². The lowest BCUT2D eigenvalue weighted by Gasteiger charge is -2.32. The van der Waals surface area contributed by atoms with Crippen molar-refractivity contribution in [3.63, 3.8) is 0 Å². The Morgan fingerprint density at radius 2 is 2.40 bits per heavy atom. The molecule has 0 bridgehead atoms. The van der Waals surface area contributed by atoms with Crippen LogP contribution in [0.2, 0.25) is 5.02 Å². The highest BCUT2D eigenvalue weighted by Gasteiger charge is 2.22. The van der Waals surface area contributed by atoms with Gasteiger partial charge in [0.15, 0.2) is 6.10 Å². The summed E-state index contributed by atoms with van der Waals surface area (Å²) in [4.78, 5) is 2.11. The Hall–Kier alpha value is -1.28. The molecular weight excluding hydrogens is 274 g/mol. The molecule has 0 radical (unpaired) electrons. The molecule has 0 spiro atoms. The minimum absolute atomic E-state index is 0.281. The van der Waals surface area contributed by atoms with Crippen LogP contribution in [-0.2, 0) is 4.74 Å². The monoisotopic (exact) mass is 293 g/mol. The van der Waals surface area contributed by atoms with Gasteiger partial charge in [-0.25, -0.2) is 0 Å². The molecule has 0 amide bonds. The maximum Gasteiger partial charge on any atom is 0.161 e. The summed E-state index contributed by atoms with van der Waals surface area (Å²) in [6, 6.07) is 8.56. The summed E-state index contributed by atoms with van der Waals surface area (Å²) in [6.07, 6.45) is -0.375. The smallest absolute Gasteiger partial charge is 0.161 e. The first kappa shape index (κ1) is 15.1. The largest absolute Gasteiger partial charge is 0.364 e. The van der Waals surface area contributed by atoms with Crippen molar-refractivity contribution in [2.75, 3.05) is 31.1 Å². The number of anilines is 1. The van der Waals surface area contributed by atoms with Gasteiger partial charge < -0.3 is 15.0 Å². The number of rotatable bonds is 4. The van der Waals surface area contributed by atoms with Gasteiger partial charge in [0.05, 0.1) is 29.9 Å². The second-order valence-electron chi connectivity index (χ2n) is 4.92.